The number of hydrogen-bond acceptors (Lipinski definition) is 3. The Labute approximate surface area is 93.6 Å². The lowest BCUT2D eigenvalue weighted by Crippen LogP contribution is -2.31. The molecule has 0 aromatic heterocycles. The summed E-state index contributed by atoms with van der Waals surface area (Å²) in [6, 6.07) is 7.90. The quantitative estimate of drug-likeness (QED) is 0.850. The van der Waals surface area contributed by atoms with Gasteiger partial charge in [0.15, 0.2) is 0 Å². The van der Waals surface area contributed by atoms with Gasteiger partial charge in [-0.3, -0.25) is 0 Å². The average molecular weight is 222 g/mol. The molecule has 1 N–H and O–H groups in total. The Morgan fingerprint density at radius 3 is 2.73 bits per heavy atom. The van der Waals surface area contributed by atoms with Crippen LogP contribution in [0.25, 0.3) is 0 Å². The van der Waals surface area contributed by atoms with E-state index in [2.05, 4.69) is 0 Å². The first-order valence-corrected chi connectivity index (χ1v) is 6.49. The molecule has 1 saturated heterocycles. The van der Waals surface area contributed by atoms with Gasteiger partial charge in [-0.05, 0) is 30.5 Å². The van der Waals surface area contributed by atoms with Crippen molar-refractivity contribution in [2.24, 2.45) is 0 Å². The highest BCUT2D eigenvalue weighted by Gasteiger charge is 2.42. The maximum absolute atomic E-state index is 9.97. The summed E-state index contributed by atoms with van der Waals surface area (Å²) >= 11 is 1.91. The Morgan fingerprint density at radius 2 is 2.13 bits per heavy atom. The zero-order valence-corrected chi connectivity index (χ0v) is 9.30. The van der Waals surface area contributed by atoms with Crippen molar-refractivity contribution in [3.63, 3.8) is 0 Å². The van der Waals surface area contributed by atoms with Gasteiger partial charge in [0.05, 0.1) is 5.60 Å². The maximum Gasteiger partial charge on any atom is 0.120 e. The van der Waals surface area contributed by atoms with Gasteiger partial charge in [-0.2, -0.15) is 11.8 Å². The van der Waals surface area contributed by atoms with E-state index in [0.717, 1.165) is 35.7 Å². The van der Waals surface area contributed by atoms with E-state index in [0.29, 0.717) is 6.10 Å². The molecule has 2 nitrogen and oxygen atoms in total. The summed E-state index contributed by atoms with van der Waals surface area (Å²) in [4.78, 5) is 0. The number of thioether (sulfide) groups is 1. The lowest BCUT2D eigenvalue weighted by Gasteiger charge is -2.26. The Bertz CT molecular complexity index is 370. The smallest absolute Gasteiger partial charge is 0.120 e. The van der Waals surface area contributed by atoms with Crippen LogP contribution in [0.15, 0.2) is 24.3 Å². The molecular weight excluding hydrogens is 208 g/mol. The monoisotopic (exact) mass is 222 g/mol. The summed E-state index contributed by atoms with van der Waals surface area (Å²) in [5, 5.41) is 9.97. The minimum Gasteiger partial charge on any atom is -0.489 e. The molecule has 1 heterocycles. The molecule has 3 rings (SSSR count). The van der Waals surface area contributed by atoms with Gasteiger partial charge in [0, 0.05) is 11.5 Å². The van der Waals surface area contributed by atoms with Crippen LogP contribution >= 0.6 is 11.8 Å². The van der Waals surface area contributed by atoms with Crippen LogP contribution in [0.1, 0.15) is 18.4 Å². The lowest BCUT2D eigenvalue weighted by atomic mass is 10.1. The van der Waals surface area contributed by atoms with Crippen LogP contribution in [0, 0.1) is 0 Å². The topological polar surface area (TPSA) is 29.5 Å². The molecule has 15 heavy (non-hydrogen) atoms. The Balaban J connectivity index is 1.77. The van der Waals surface area contributed by atoms with Crippen LogP contribution < -0.4 is 4.74 Å². The first kappa shape index (κ1) is 9.55. The maximum atomic E-state index is 9.97. The predicted molar refractivity (Wildman–Crippen MR) is 61.3 cm³/mol. The van der Waals surface area contributed by atoms with Crippen LogP contribution in [0.3, 0.4) is 0 Å². The lowest BCUT2D eigenvalue weighted by molar-refractivity contribution is 0.150. The van der Waals surface area contributed by atoms with E-state index in [1.807, 2.05) is 36.0 Å². The van der Waals surface area contributed by atoms with E-state index in [1.54, 1.807) is 0 Å². The molecule has 2 fully saturated rings. The van der Waals surface area contributed by atoms with Gasteiger partial charge < -0.3 is 9.84 Å². The standard InChI is InChI=1S/C12H14O2S/c13-12(4-5-12)9-2-1-3-10(6-9)14-11-7-15-8-11/h1-3,6,11,13H,4-5,7-8H2. The van der Waals surface area contributed by atoms with Gasteiger partial charge in [-0.1, -0.05) is 12.1 Å². The number of aliphatic hydroxyl groups is 1. The Kier molecular flexibility index (Phi) is 2.18. The van der Waals surface area contributed by atoms with Crippen LogP contribution in [-0.2, 0) is 5.60 Å². The third-order valence-corrected chi connectivity index (χ3v) is 4.22. The fraction of sp³-hybridized carbons (Fsp3) is 0.500. The third-order valence-electron chi connectivity index (χ3n) is 3.01. The number of ether oxygens (including phenoxy) is 1. The van der Waals surface area contributed by atoms with Gasteiger partial charge in [0.2, 0.25) is 0 Å². The van der Waals surface area contributed by atoms with Crippen LogP contribution in [0.5, 0.6) is 5.75 Å². The van der Waals surface area contributed by atoms with Gasteiger partial charge in [0.1, 0.15) is 11.9 Å². The summed E-state index contributed by atoms with van der Waals surface area (Å²) in [5.74, 6) is 3.08. The van der Waals surface area contributed by atoms with E-state index in [4.69, 9.17) is 4.74 Å². The van der Waals surface area contributed by atoms with Crippen LogP contribution in [-0.4, -0.2) is 22.7 Å². The molecule has 0 amide bonds. The Hall–Kier alpha value is -0.670. The van der Waals surface area contributed by atoms with E-state index < -0.39 is 5.60 Å². The minimum atomic E-state index is -0.548. The van der Waals surface area contributed by atoms with Crippen molar-refractivity contribution >= 4 is 11.8 Å². The molecule has 1 aliphatic heterocycles. The average Bonchev–Trinajstić information content (AvgIpc) is 2.93. The molecule has 2 aliphatic rings. The zero-order chi connectivity index (χ0) is 10.3. The summed E-state index contributed by atoms with van der Waals surface area (Å²) in [6.07, 6.45) is 2.14. The van der Waals surface area contributed by atoms with Gasteiger partial charge >= 0.3 is 0 Å². The van der Waals surface area contributed by atoms with Crippen molar-refractivity contribution in [2.75, 3.05) is 11.5 Å². The molecule has 80 valence electrons. The van der Waals surface area contributed by atoms with Gasteiger partial charge in [-0.25, -0.2) is 0 Å². The SMILES string of the molecule is OC1(c2cccc(OC3CSC3)c2)CC1. The fourth-order valence-corrected chi connectivity index (χ4v) is 2.30. The first-order chi connectivity index (χ1) is 7.26. The third kappa shape index (κ3) is 1.86. The summed E-state index contributed by atoms with van der Waals surface area (Å²) < 4.78 is 5.78. The molecule has 1 saturated carbocycles. The van der Waals surface area contributed by atoms with Crippen LogP contribution in [0.4, 0.5) is 0 Å². The van der Waals surface area contributed by atoms with E-state index in [1.165, 1.54) is 0 Å². The second-order valence-corrected chi connectivity index (χ2v) is 5.41. The first-order valence-electron chi connectivity index (χ1n) is 5.34. The van der Waals surface area contributed by atoms with Crippen molar-refractivity contribution in [2.45, 2.75) is 24.5 Å². The highest BCUT2D eigenvalue weighted by atomic mass is 32.2. The van der Waals surface area contributed by atoms with Gasteiger partial charge in [-0.15, -0.1) is 0 Å². The number of benzene rings is 1. The van der Waals surface area contributed by atoms with E-state index >= 15 is 0 Å². The predicted octanol–water partition coefficient (Wildman–Crippen LogP) is 2.16. The molecular formula is C12H14O2S. The number of hydrogen-bond donors (Lipinski definition) is 1. The molecule has 3 heteroatoms. The van der Waals surface area contributed by atoms with Crippen molar-refractivity contribution in [3.05, 3.63) is 29.8 Å². The van der Waals surface area contributed by atoms with Crippen LogP contribution in [0.2, 0.25) is 0 Å². The molecule has 1 aromatic carbocycles. The van der Waals surface area contributed by atoms with E-state index in [-0.39, 0.29) is 0 Å². The van der Waals surface area contributed by atoms with Crippen molar-refractivity contribution in [3.8, 4) is 5.75 Å². The molecule has 0 radical (unpaired) electrons. The molecule has 0 spiro atoms. The number of rotatable bonds is 3. The van der Waals surface area contributed by atoms with Gasteiger partial charge in [0.25, 0.3) is 0 Å². The molecule has 0 bridgehead atoms. The summed E-state index contributed by atoms with van der Waals surface area (Å²) in [5.41, 5.74) is 0.459. The summed E-state index contributed by atoms with van der Waals surface area (Å²) in [7, 11) is 0. The molecule has 0 unspecified atom stereocenters. The second-order valence-electron chi connectivity index (χ2n) is 4.34. The molecule has 1 aromatic rings. The Morgan fingerprint density at radius 1 is 1.33 bits per heavy atom. The van der Waals surface area contributed by atoms with E-state index in [9.17, 15) is 5.11 Å². The molecule has 1 aliphatic carbocycles. The van der Waals surface area contributed by atoms with Crippen molar-refractivity contribution in [1.82, 2.24) is 0 Å². The van der Waals surface area contributed by atoms with Crippen molar-refractivity contribution in [1.29, 1.82) is 0 Å². The second kappa shape index (κ2) is 3.42. The highest BCUT2D eigenvalue weighted by Crippen LogP contribution is 2.46. The fourth-order valence-electron chi connectivity index (χ4n) is 1.74. The highest BCUT2D eigenvalue weighted by molar-refractivity contribution is 8.00. The normalized spacial score (nSPS) is 23.3. The largest absolute Gasteiger partial charge is 0.489 e. The summed E-state index contributed by atoms with van der Waals surface area (Å²) in [6.45, 7) is 0. The van der Waals surface area contributed by atoms with Crippen molar-refractivity contribution < 1.29 is 9.84 Å². The molecule has 0 atom stereocenters. The minimum absolute atomic E-state index is 0.374. The zero-order valence-electron chi connectivity index (χ0n) is 8.48.